The van der Waals surface area contributed by atoms with Gasteiger partial charge in [0.1, 0.15) is 13.1 Å². The Morgan fingerprint density at radius 1 is 0.968 bits per heavy atom. The van der Waals surface area contributed by atoms with Crippen LogP contribution in [0.2, 0.25) is 0 Å². The Kier molecular flexibility index (Phi) is 6.28. The minimum atomic E-state index is -0.191. The normalized spacial score (nSPS) is 15.6. The number of rotatable bonds is 5. The standard InChI is InChI=1S/C27H29N3O/c1-19-8-11-25(21(3)20(19)2)16-28-29-27(31)24-12-9-22(10-13-24)17-30-15-14-23-6-4-5-7-26(23)18-30/h4-13,16H,14-15,17-18H2,1-3H3,(H,29,31)/p+1. The predicted molar refractivity (Wildman–Crippen MR) is 126 cm³/mol. The van der Waals surface area contributed by atoms with Gasteiger partial charge >= 0.3 is 0 Å². The van der Waals surface area contributed by atoms with E-state index in [0.717, 1.165) is 31.6 Å². The summed E-state index contributed by atoms with van der Waals surface area (Å²) in [5.41, 5.74) is 12.2. The van der Waals surface area contributed by atoms with Crippen LogP contribution in [0.15, 0.2) is 65.8 Å². The molecule has 0 fully saturated rings. The predicted octanol–water partition coefficient (Wildman–Crippen LogP) is 3.52. The van der Waals surface area contributed by atoms with E-state index < -0.39 is 0 Å². The highest BCUT2D eigenvalue weighted by atomic mass is 16.2. The van der Waals surface area contributed by atoms with E-state index in [2.05, 4.69) is 73.8 Å². The fourth-order valence-corrected chi connectivity index (χ4v) is 4.20. The van der Waals surface area contributed by atoms with Crippen LogP contribution in [0, 0.1) is 20.8 Å². The summed E-state index contributed by atoms with van der Waals surface area (Å²) in [6, 6.07) is 20.7. The Morgan fingerprint density at radius 2 is 1.71 bits per heavy atom. The molecule has 1 heterocycles. The van der Waals surface area contributed by atoms with Crippen LogP contribution >= 0.6 is 0 Å². The average molecular weight is 413 g/mol. The van der Waals surface area contributed by atoms with E-state index in [-0.39, 0.29) is 5.91 Å². The molecule has 1 amide bonds. The van der Waals surface area contributed by atoms with Crippen molar-refractivity contribution in [1.82, 2.24) is 5.43 Å². The zero-order chi connectivity index (χ0) is 21.8. The minimum absolute atomic E-state index is 0.191. The molecular formula is C27H30N3O+. The van der Waals surface area contributed by atoms with Gasteiger partial charge in [0.05, 0.1) is 12.8 Å². The molecule has 3 aromatic carbocycles. The van der Waals surface area contributed by atoms with E-state index >= 15 is 0 Å². The molecule has 4 rings (SSSR count). The van der Waals surface area contributed by atoms with Crippen molar-refractivity contribution in [1.29, 1.82) is 0 Å². The molecule has 0 aliphatic carbocycles. The number of hydrogen-bond acceptors (Lipinski definition) is 2. The lowest BCUT2D eigenvalue weighted by Crippen LogP contribution is -3.10. The van der Waals surface area contributed by atoms with Crippen LogP contribution < -0.4 is 10.3 Å². The second kappa shape index (κ2) is 9.27. The topological polar surface area (TPSA) is 45.9 Å². The number of hydrogen-bond donors (Lipinski definition) is 2. The molecule has 4 heteroatoms. The van der Waals surface area contributed by atoms with E-state index in [1.165, 1.54) is 33.4 Å². The molecule has 0 saturated carbocycles. The SMILES string of the molecule is Cc1ccc(C=NNC(=O)c2ccc(C[NH+]3CCc4ccccc4C3)cc2)c(C)c1C. The van der Waals surface area contributed by atoms with Crippen molar-refractivity contribution in [2.45, 2.75) is 40.3 Å². The third-order valence-corrected chi connectivity index (χ3v) is 6.45. The third kappa shape index (κ3) is 4.92. The second-order valence-corrected chi connectivity index (χ2v) is 8.49. The van der Waals surface area contributed by atoms with Crippen molar-refractivity contribution in [3.05, 3.63) is 105 Å². The Hall–Kier alpha value is -3.24. The smallest absolute Gasteiger partial charge is 0.271 e. The van der Waals surface area contributed by atoms with E-state index in [9.17, 15) is 4.79 Å². The zero-order valence-electron chi connectivity index (χ0n) is 18.5. The van der Waals surface area contributed by atoms with Crippen LogP contribution in [0.1, 0.15) is 49.3 Å². The maximum atomic E-state index is 12.4. The Balaban J connectivity index is 1.34. The van der Waals surface area contributed by atoms with Gasteiger partial charge in [0.25, 0.3) is 5.91 Å². The van der Waals surface area contributed by atoms with Gasteiger partial charge in [0.15, 0.2) is 0 Å². The number of nitrogens with zero attached hydrogens (tertiary/aromatic N) is 1. The zero-order valence-corrected chi connectivity index (χ0v) is 18.5. The fourth-order valence-electron chi connectivity index (χ4n) is 4.20. The monoisotopic (exact) mass is 412 g/mol. The molecule has 1 atom stereocenters. The summed E-state index contributed by atoms with van der Waals surface area (Å²) in [4.78, 5) is 14.0. The molecule has 1 unspecified atom stereocenters. The van der Waals surface area contributed by atoms with Gasteiger partial charge in [0.2, 0.25) is 0 Å². The summed E-state index contributed by atoms with van der Waals surface area (Å²) in [7, 11) is 0. The molecule has 0 spiro atoms. The second-order valence-electron chi connectivity index (χ2n) is 8.49. The molecular weight excluding hydrogens is 382 g/mol. The van der Waals surface area contributed by atoms with Gasteiger partial charge in [-0.3, -0.25) is 4.79 Å². The van der Waals surface area contributed by atoms with Gasteiger partial charge < -0.3 is 4.90 Å². The van der Waals surface area contributed by atoms with Gasteiger partial charge in [-0.05, 0) is 60.7 Å². The maximum Gasteiger partial charge on any atom is 0.271 e. The first-order valence-electron chi connectivity index (χ1n) is 10.9. The van der Waals surface area contributed by atoms with Crippen molar-refractivity contribution in [3.8, 4) is 0 Å². The first-order valence-corrected chi connectivity index (χ1v) is 10.9. The quantitative estimate of drug-likeness (QED) is 0.489. The summed E-state index contributed by atoms with van der Waals surface area (Å²) in [6.45, 7) is 9.46. The molecule has 1 aliphatic rings. The van der Waals surface area contributed by atoms with Gasteiger partial charge in [0, 0.05) is 23.1 Å². The van der Waals surface area contributed by atoms with E-state index in [1.54, 1.807) is 11.1 Å². The highest BCUT2D eigenvalue weighted by molar-refractivity contribution is 5.95. The lowest BCUT2D eigenvalue weighted by Gasteiger charge is -2.26. The maximum absolute atomic E-state index is 12.4. The lowest BCUT2D eigenvalue weighted by molar-refractivity contribution is -0.929. The molecule has 0 aromatic heterocycles. The fraction of sp³-hybridized carbons (Fsp3) is 0.259. The molecule has 0 saturated heterocycles. The first-order chi connectivity index (χ1) is 15.0. The van der Waals surface area contributed by atoms with Gasteiger partial charge in [-0.15, -0.1) is 0 Å². The number of hydrazone groups is 1. The number of amides is 1. The molecule has 31 heavy (non-hydrogen) atoms. The minimum Gasteiger partial charge on any atom is -0.327 e. The van der Waals surface area contributed by atoms with Crippen LogP contribution in [0.4, 0.5) is 0 Å². The molecule has 1 aliphatic heterocycles. The molecule has 4 nitrogen and oxygen atoms in total. The van der Waals surface area contributed by atoms with Crippen molar-refractivity contribution >= 4 is 12.1 Å². The number of quaternary nitrogens is 1. The molecule has 0 radical (unpaired) electrons. The van der Waals surface area contributed by atoms with Crippen molar-refractivity contribution < 1.29 is 9.69 Å². The Labute approximate surface area is 184 Å². The Bertz CT molecular complexity index is 1120. The summed E-state index contributed by atoms with van der Waals surface area (Å²) < 4.78 is 0. The molecule has 158 valence electrons. The number of aryl methyl sites for hydroxylation is 1. The summed E-state index contributed by atoms with van der Waals surface area (Å²) in [6.07, 6.45) is 2.84. The van der Waals surface area contributed by atoms with E-state index in [0.29, 0.717) is 5.56 Å². The van der Waals surface area contributed by atoms with Crippen LogP contribution in [0.5, 0.6) is 0 Å². The van der Waals surface area contributed by atoms with E-state index in [1.807, 2.05) is 18.2 Å². The van der Waals surface area contributed by atoms with Crippen molar-refractivity contribution in [3.63, 3.8) is 0 Å². The number of nitrogens with one attached hydrogen (secondary N) is 2. The highest BCUT2D eigenvalue weighted by Crippen LogP contribution is 2.15. The highest BCUT2D eigenvalue weighted by Gasteiger charge is 2.19. The van der Waals surface area contributed by atoms with E-state index in [4.69, 9.17) is 0 Å². The van der Waals surface area contributed by atoms with Crippen LogP contribution in [-0.4, -0.2) is 18.7 Å². The number of carbonyl (C=O) groups is 1. The Morgan fingerprint density at radius 3 is 2.48 bits per heavy atom. The molecule has 2 N–H and O–H groups in total. The first kappa shape index (κ1) is 21.0. The average Bonchev–Trinajstić information content (AvgIpc) is 2.79. The molecule has 3 aromatic rings. The van der Waals surface area contributed by atoms with Gasteiger partial charge in [-0.25, -0.2) is 5.43 Å². The largest absolute Gasteiger partial charge is 0.327 e. The number of carbonyl (C=O) groups excluding carboxylic acids is 1. The summed E-state index contributed by atoms with van der Waals surface area (Å²) in [5.74, 6) is -0.191. The molecule has 0 bridgehead atoms. The van der Waals surface area contributed by atoms with Crippen LogP contribution in [0.25, 0.3) is 0 Å². The third-order valence-electron chi connectivity index (χ3n) is 6.45. The van der Waals surface area contributed by atoms with Crippen molar-refractivity contribution in [2.75, 3.05) is 6.54 Å². The van der Waals surface area contributed by atoms with Crippen LogP contribution in [0.3, 0.4) is 0 Å². The number of fused-ring (bicyclic) bond motifs is 1. The number of benzene rings is 3. The summed E-state index contributed by atoms with van der Waals surface area (Å²) in [5, 5.41) is 4.16. The van der Waals surface area contributed by atoms with Crippen LogP contribution in [-0.2, 0) is 19.5 Å². The van der Waals surface area contributed by atoms with Gasteiger partial charge in [-0.1, -0.05) is 48.5 Å². The van der Waals surface area contributed by atoms with Gasteiger partial charge in [-0.2, -0.15) is 5.10 Å². The van der Waals surface area contributed by atoms with Crippen molar-refractivity contribution in [2.24, 2.45) is 5.10 Å². The summed E-state index contributed by atoms with van der Waals surface area (Å²) >= 11 is 0. The lowest BCUT2D eigenvalue weighted by atomic mass is 9.99.